The third-order valence-corrected chi connectivity index (χ3v) is 20.9. The molecule has 2 aliphatic rings. The Kier molecular flexibility index (Phi) is 14.5. The van der Waals surface area contributed by atoms with Gasteiger partial charge in [-0.3, -0.25) is 0 Å². The van der Waals surface area contributed by atoms with Gasteiger partial charge in [-0.05, 0) is 238 Å². The lowest BCUT2D eigenvalue weighted by atomic mass is 9.86. The van der Waals surface area contributed by atoms with Crippen molar-refractivity contribution in [3.63, 3.8) is 0 Å². The van der Waals surface area contributed by atoms with E-state index in [0.717, 1.165) is 162 Å². The molecular formula is C100H64N2O2. The van der Waals surface area contributed by atoms with Crippen molar-refractivity contribution in [2.45, 2.75) is 0 Å². The van der Waals surface area contributed by atoms with Crippen LogP contribution in [-0.4, -0.2) is 0 Å². The van der Waals surface area contributed by atoms with Crippen LogP contribution in [0.2, 0.25) is 0 Å². The minimum atomic E-state index is 0.835. The number of hydrogen-bond donors (Lipinski definition) is 0. The van der Waals surface area contributed by atoms with Crippen LogP contribution in [0.1, 0.15) is 0 Å². The largest absolute Gasteiger partial charge is 0.456 e. The first-order valence-electron chi connectivity index (χ1n) is 35.6. The maximum absolute atomic E-state index is 7.06. The summed E-state index contributed by atoms with van der Waals surface area (Å²) in [4.78, 5) is 4.85. The number of para-hydroxylation sites is 3. The van der Waals surface area contributed by atoms with Gasteiger partial charge in [-0.1, -0.05) is 261 Å². The van der Waals surface area contributed by atoms with E-state index in [1.807, 2.05) is 6.07 Å². The Labute approximate surface area is 604 Å². The summed E-state index contributed by atoms with van der Waals surface area (Å²) in [6.45, 7) is 0. The standard InChI is InChI=1S/C100H64N2O2/c1-4-23-65(24-5-1)67-47-51-80(52-48-67)101(92-43-21-30-69-29-10-11-37-84(69)92)82-35-19-32-72(60-82)76-57-79-58-78(64-97-100(79)91(63-76)87-40-14-17-45-95(87)104-97)77-55-73-33-20-41-88(98(73)89(61-77)70-27-8-3-9-28-70)85-38-12-15-42-93(85)102(81-53-49-68(50-54-81)66-25-6-2-7-26-66)83-36-18-31-71(59-83)75-56-74-34-22-46-96-99(74)90(62-75)86-39-13-16-44-94(86)103-96/h1-64H. The zero-order chi connectivity index (χ0) is 68.6. The Morgan fingerprint density at radius 3 is 1.17 bits per heavy atom. The molecule has 0 spiro atoms. The second-order valence-corrected chi connectivity index (χ2v) is 27.1. The van der Waals surface area contributed by atoms with Crippen LogP contribution in [0.25, 0.3) is 143 Å². The number of hydrogen-bond acceptors (Lipinski definition) is 4. The summed E-state index contributed by atoms with van der Waals surface area (Å²) in [5.74, 6) is 3.42. The Balaban J connectivity index is 0.733. The highest BCUT2D eigenvalue weighted by Gasteiger charge is 2.27. The smallest absolute Gasteiger partial charge is 0.136 e. The first-order valence-corrected chi connectivity index (χ1v) is 35.6. The molecule has 20 rings (SSSR count). The molecule has 4 nitrogen and oxygen atoms in total. The lowest BCUT2D eigenvalue weighted by molar-refractivity contribution is 0.487. The van der Waals surface area contributed by atoms with E-state index in [2.05, 4.69) is 392 Å². The average Bonchev–Trinajstić information content (AvgIpc) is 0.754. The molecule has 104 heavy (non-hydrogen) atoms. The van der Waals surface area contributed by atoms with Crippen molar-refractivity contribution >= 4 is 77.2 Å². The molecule has 0 saturated carbocycles. The summed E-state index contributed by atoms with van der Waals surface area (Å²) in [5, 5.41) is 9.12. The average molecular weight is 1330 g/mol. The van der Waals surface area contributed by atoms with E-state index in [1.165, 1.54) is 38.4 Å². The van der Waals surface area contributed by atoms with Gasteiger partial charge in [0.25, 0.3) is 0 Å². The third-order valence-electron chi connectivity index (χ3n) is 20.9. The van der Waals surface area contributed by atoms with Crippen LogP contribution in [0, 0.1) is 0 Å². The van der Waals surface area contributed by atoms with Crippen LogP contribution >= 0.6 is 0 Å². The fourth-order valence-electron chi connectivity index (χ4n) is 16.1. The predicted molar refractivity (Wildman–Crippen MR) is 435 cm³/mol. The lowest BCUT2D eigenvalue weighted by Gasteiger charge is -2.29. The zero-order valence-corrected chi connectivity index (χ0v) is 56.7. The van der Waals surface area contributed by atoms with Gasteiger partial charge in [0, 0.05) is 55.6 Å². The third kappa shape index (κ3) is 10.5. The summed E-state index contributed by atoms with van der Waals surface area (Å²) >= 11 is 0. The van der Waals surface area contributed by atoms with E-state index in [1.54, 1.807) is 0 Å². The number of fused-ring (bicyclic) bond motifs is 6. The molecule has 0 amide bonds. The molecule has 0 saturated heterocycles. The molecule has 0 atom stereocenters. The molecule has 486 valence electrons. The number of anilines is 6. The molecular weight excluding hydrogens is 1260 g/mol. The van der Waals surface area contributed by atoms with Crippen LogP contribution in [0.5, 0.6) is 23.0 Å². The van der Waals surface area contributed by atoms with Gasteiger partial charge in [0.1, 0.15) is 23.0 Å². The number of nitrogens with zero attached hydrogens (tertiary/aromatic N) is 2. The van der Waals surface area contributed by atoms with Gasteiger partial charge in [-0.15, -0.1) is 0 Å². The van der Waals surface area contributed by atoms with Crippen LogP contribution in [0.4, 0.5) is 34.1 Å². The lowest BCUT2D eigenvalue weighted by Crippen LogP contribution is -2.11. The van der Waals surface area contributed by atoms with E-state index >= 15 is 0 Å². The van der Waals surface area contributed by atoms with Crippen molar-refractivity contribution in [1.82, 2.24) is 0 Å². The van der Waals surface area contributed by atoms with E-state index in [-0.39, 0.29) is 0 Å². The number of benzene rings is 18. The topological polar surface area (TPSA) is 24.9 Å². The highest BCUT2D eigenvalue weighted by Crippen LogP contribution is 2.54. The second-order valence-electron chi connectivity index (χ2n) is 27.1. The van der Waals surface area contributed by atoms with Gasteiger partial charge in [0.2, 0.25) is 0 Å². The summed E-state index contributed by atoms with van der Waals surface area (Å²) in [5.41, 5.74) is 26.7. The molecule has 0 bridgehead atoms. The molecule has 4 heteroatoms. The molecule has 0 unspecified atom stereocenters. The van der Waals surface area contributed by atoms with E-state index in [0.29, 0.717) is 0 Å². The highest BCUT2D eigenvalue weighted by atomic mass is 16.5. The summed E-state index contributed by atoms with van der Waals surface area (Å²) in [6, 6.07) is 141. The van der Waals surface area contributed by atoms with Gasteiger partial charge in [0.05, 0.1) is 11.4 Å². The summed E-state index contributed by atoms with van der Waals surface area (Å²) < 4.78 is 13.6. The molecule has 0 aliphatic carbocycles. The maximum atomic E-state index is 7.06. The normalized spacial score (nSPS) is 11.8. The van der Waals surface area contributed by atoms with Gasteiger partial charge < -0.3 is 19.3 Å². The van der Waals surface area contributed by atoms with Crippen molar-refractivity contribution < 1.29 is 9.47 Å². The summed E-state index contributed by atoms with van der Waals surface area (Å²) in [6.07, 6.45) is 0. The van der Waals surface area contributed by atoms with Crippen LogP contribution in [0.15, 0.2) is 388 Å². The fourth-order valence-corrected chi connectivity index (χ4v) is 16.1. The highest BCUT2D eigenvalue weighted by molar-refractivity contribution is 6.13. The molecule has 0 radical (unpaired) electrons. The molecule has 0 aromatic heterocycles. The van der Waals surface area contributed by atoms with Crippen molar-refractivity contribution in [2.75, 3.05) is 9.80 Å². The van der Waals surface area contributed by atoms with Crippen molar-refractivity contribution in [2.24, 2.45) is 0 Å². The number of ether oxygens (including phenoxy) is 2. The molecule has 0 N–H and O–H groups in total. The van der Waals surface area contributed by atoms with Crippen molar-refractivity contribution in [3.05, 3.63) is 388 Å². The van der Waals surface area contributed by atoms with Crippen LogP contribution in [0.3, 0.4) is 0 Å². The summed E-state index contributed by atoms with van der Waals surface area (Å²) in [7, 11) is 0. The zero-order valence-electron chi connectivity index (χ0n) is 56.7. The second kappa shape index (κ2) is 25.1. The van der Waals surface area contributed by atoms with E-state index in [9.17, 15) is 0 Å². The quantitative estimate of drug-likeness (QED) is 0.115. The minimum Gasteiger partial charge on any atom is -0.456 e. The molecule has 18 aromatic carbocycles. The van der Waals surface area contributed by atoms with Gasteiger partial charge in [-0.25, -0.2) is 0 Å². The Morgan fingerprint density at radius 2 is 0.548 bits per heavy atom. The van der Waals surface area contributed by atoms with Gasteiger partial charge in [-0.2, -0.15) is 0 Å². The predicted octanol–water partition coefficient (Wildman–Crippen LogP) is 28.5. The van der Waals surface area contributed by atoms with Crippen molar-refractivity contribution in [3.8, 4) is 123 Å². The molecule has 18 aromatic rings. The number of rotatable bonds is 13. The Bertz CT molecular complexity index is 6400. The van der Waals surface area contributed by atoms with Gasteiger partial charge in [0.15, 0.2) is 0 Å². The SMILES string of the molecule is c1ccc(-c2ccc(N(c3cccc(-c4cc5c6c(cccc6c4)Oc4ccccc4-5)c3)c3ccccc3-c3cccc4cc(-c5cc6c7c(cc(-c8cccc(N(c9ccc(-c%10ccccc%10)cc9)c9cccc%10ccccc9%10)c8)cc7c5)-c5ccccc5O6)cc(-c5ccccc5)c34)cc2)cc1. The molecule has 0 fully saturated rings. The van der Waals surface area contributed by atoms with Gasteiger partial charge >= 0.3 is 0 Å². The van der Waals surface area contributed by atoms with E-state index in [4.69, 9.17) is 9.47 Å². The first kappa shape index (κ1) is 60.2. The first-order chi connectivity index (χ1) is 51.5. The Morgan fingerprint density at radius 1 is 0.163 bits per heavy atom. The fraction of sp³-hybridized carbons (Fsp3) is 0. The van der Waals surface area contributed by atoms with Crippen LogP contribution in [-0.2, 0) is 0 Å². The maximum Gasteiger partial charge on any atom is 0.136 e. The Hall–Kier alpha value is -13.8. The van der Waals surface area contributed by atoms with E-state index < -0.39 is 0 Å². The molecule has 2 heterocycles. The van der Waals surface area contributed by atoms with Crippen LogP contribution < -0.4 is 19.3 Å². The molecule has 2 aliphatic heterocycles. The monoisotopic (exact) mass is 1320 g/mol. The minimum absolute atomic E-state index is 0.835. The van der Waals surface area contributed by atoms with Crippen molar-refractivity contribution in [1.29, 1.82) is 0 Å².